The number of para-hydroxylation sites is 1. The maximum absolute atomic E-state index is 12.3. The zero-order chi connectivity index (χ0) is 16.3. The predicted molar refractivity (Wildman–Crippen MR) is 75.7 cm³/mol. The average molecular weight is 324 g/mol. The fourth-order valence-electron chi connectivity index (χ4n) is 1.86. The molecule has 1 rings (SSSR count). The summed E-state index contributed by atoms with van der Waals surface area (Å²) in [4.78, 5) is -0.0623. The monoisotopic (exact) mass is 324 g/mol. The van der Waals surface area contributed by atoms with Gasteiger partial charge in [-0.1, -0.05) is 12.1 Å². The van der Waals surface area contributed by atoms with Crippen LogP contribution >= 0.6 is 0 Å². The molecule has 1 atom stereocenters. The van der Waals surface area contributed by atoms with Gasteiger partial charge in [0, 0.05) is 12.1 Å². The molecular weight excluding hydrogens is 305 g/mol. The maximum atomic E-state index is 12.3. The van der Waals surface area contributed by atoms with Crippen LogP contribution in [0.1, 0.15) is 27.2 Å². The van der Waals surface area contributed by atoms with Crippen molar-refractivity contribution in [1.29, 1.82) is 0 Å². The van der Waals surface area contributed by atoms with Crippen molar-refractivity contribution < 1.29 is 21.6 Å². The minimum absolute atomic E-state index is 0.0623. The van der Waals surface area contributed by atoms with E-state index in [-0.39, 0.29) is 16.6 Å². The van der Waals surface area contributed by atoms with E-state index in [1.165, 1.54) is 25.1 Å². The molecule has 4 nitrogen and oxygen atoms in total. The number of hydrogen-bond donors (Lipinski definition) is 2. The van der Waals surface area contributed by atoms with E-state index < -0.39 is 28.7 Å². The van der Waals surface area contributed by atoms with E-state index in [2.05, 4.69) is 10.0 Å². The van der Waals surface area contributed by atoms with Crippen molar-refractivity contribution in [3.63, 3.8) is 0 Å². The van der Waals surface area contributed by atoms with E-state index >= 15 is 0 Å². The van der Waals surface area contributed by atoms with Crippen LogP contribution in [0.15, 0.2) is 29.2 Å². The molecule has 0 fully saturated rings. The highest BCUT2D eigenvalue weighted by atomic mass is 32.2. The van der Waals surface area contributed by atoms with Crippen LogP contribution in [-0.4, -0.2) is 26.7 Å². The Morgan fingerprint density at radius 1 is 1.14 bits per heavy atom. The Morgan fingerprint density at radius 2 is 1.71 bits per heavy atom. The summed E-state index contributed by atoms with van der Waals surface area (Å²) < 4.78 is 63.8. The average Bonchev–Trinajstić information content (AvgIpc) is 2.24. The number of sulfonamides is 1. The summed E-state index contributed by atoms with van der Waals surface area (Å²) in [5, 5.41) is 2.61. The molecule has 0 amide bonds. The minimum Gasteiger partial charge on any atom is -0.381 e. The van der Waals surface area contributed by atoms with E-state index in [9.17, 15) is 21.6 Å². The second kappa shape index (κ2) is 6.65. The fraction of sp³-hybridized carbons (Fsp3) is 0.538. The smallest absolute Gasteiger partial charge is 0.381 e. The largest absolute Gasteiger partial charge is 0.391 e. The lowest BCUT2D eigenvalue weighted by Crippen LogP contribution is -2.31. The molecule has 0 spiro atoms. The standard InChI is InChI=1S/C13H19F3N2O2S/c1-9(2)18-21(19,20)12-7-5-4-6-11(12)17-10(3)8-13(14,15)16/h4-7,9-10,17-18H,8H2,1-3H3. The summed E-state index contributed by atoms with van der Waals surface area (Å²) in [6, 6.07) is 4.65. The third kappa shape index (κ3) is 5.92. The van der Waals surface area contributed by atoms with Crippen molar-refractivity contribution in [1.82, 2.24) is 4.72 Å². The predicted octanol–water partition coefficient (Wildman–Crippen LogP) is 3.13. The Kier molecular flexibility index (Phi) is 5.63. The molecule has 1 unspecified atom stereocenters. The number of hydrogen-bond acceptors (Lipinski definition) is 3. The Morgan fingerprint density at radius 3 is 2.24 bits per heavy atom. The molecule has 0 heterocycles. The lowest BCUT2D eigenvalue weighted by Gasteiger charge is -2.20. The molecule has 1 aromatic carbocycles. The molecule has 0 saturated heterocycles. The van der Waals surface area contributed by atoms with Gasteiger partial charge in [-0.3, -0.25) is 0 Å². The van der Waals surface area contributed by atoms with Gasteiger partial charge in [0.15, 0.2) is 0 Å². The molecule has 120 valence electrons. The van der Waals surface area contributed by atoms with E-state index in [0.717, 1.165) is 0 Å². The van der Waals surface area contributed by atoms with E-state index in [1.54, 1.807) is 19.9 Å². The Balaban J connectivity index is 3.00. The van der Waals surface area contributed by atoms with Crippen molar-refractivity contribution >= 4 is 15.7 Å². The van der Waals surface area contributed by atoms with Gasteiger partial charge in [0.05, 0.1) is 12.1 Å². The summed E-state index contributed by atoms with van der Waals surface area (Å²) >= 11 is 0. The van der Waals surface area contributed by atoms with Gasteiger partial charge in [-0.25, -0.2) is 13.1 Å². The van der Waals surface area contributed by atoms with Gasteiger partial charge in [0.25, 0.3) is 0 Å². The third-order valence-electron chi connectivity index (χ3n) is 2.51. The summed E-state index contributed by atoms with van der Waals surface area (Å²) in [5.74, 6) is 0. The molecule has 0 radical (unpaired) electrons. The third-order valence-corrected chi connectivity index (χ3v) is 4.22. The van der Waals surface area contributed by atoms with Crippen LogP contribution < -0.4 is 10.0 Å². The molecule has 8 heteroatoms. The van der Waals surface area contributed by atoms with E-state index in [4.69, 9.17) is 0 Å². The molecule has 0 aliphatic rings. The number of nitrogens with one attached hydrogen (secondary N) is 2. The van der Waals surface area contributed by atoms with Gasteiger partial charge in [0.2, 0.25) is 10.0 Å². The highest BCUT2D eigenvalue weighted by Gasteiger charge is 2.30. The Hall–Kier alpha value is -1.28. The van der Waals surface area contributed by atoms with Crippen molar-refractivity contribution in [2.45, 2.75) is 50.3 Å². The first-order chi connectivity index (χ1) is 9.51. The number of rotatable bonds is 6. The lowest BCUT2D eigenvalue weighted by molar-refractivity contribution is -0.136. The number of anilines is 1. The van der Waals surface area contributed by atoms with Gasteiger partial charge >= 0.3 is 6.18 Å². The normalized spacial score (nSPS) is 14.2. The first-order valence-corrected chi connectivity index (χ1v) is 7.94. The molecule has 0 saturated carbocycles. The van der Waals surface area contributed by atoms with Crippen LogP contribution in [0.2, 0.25) is 0 Å². The fourth-order valence-corrected chi connectivity index (χ4v) is 3.28. The van der Waals surface area contributed by atoms with Gasteiger partial charge in [-0.15, -0.1) is 0 Å². The van der Waals surface area contributed by atoms with Crippen LogP contribution in [0, 0.1) is 0 Å². The summed E-state index contributed by atoms with van der Waals surface area (Å²) in [6.45, 7) is 4.69. The summed E-state index contributed by atoms with van der Waals surface area (Å²) in [7, 11) is -3.77. The summed E-state index contributed by atoms with van der Waals surface area (Å²) in [5.41, 5.74) is 0.155. The van der Waals surface area contributed by atoms with Crippen molar-refractivity contribution in [3.05, 3.63) is 24.3 Å². The van der Waals surface area contributed by atoms with Gasteiger partial charge in [-0.2, -0.15) is 13.2 Å². The number of halogens is 3. The highest BCUT2D eigenvalue weighted by Crippen LogP contribution is 2.26. The van der Waals surface area contributed by atoms with Crippen molar-refractivity contribution in [2.75, 3.05) is 5.32 Å². The van der Waals surface area contributed by atoms with Gasteiger partial charge < -0.3 is 5.32 Å². The van der Waals surface area contributed by atoms with Crippen LogP contribution in [0.3, 0.4) is 0 Å². The molecule has 21 heavy (non-hydrogen) atoms. The second-order valence-corrected chi connectivity index (χ2v) is 6.82. The maximum Gasteiger partial charge on any atom is 0.391 e. The minimum atomic E-state index is -4.31. The first-order valence-electron chi connectivity index (χ1n) is 6.46. The highest BCUT2D eigenvalue weighted by molar-refractivity contribution is 7.89. The second-order valence-electron chi connectivity index (χ2n) is 5.14. The zero-order valence-electron chi connectivity index (χ0n) is 12.0. The number of alkyl halides is 3. The van der Waals surface area contributed by atoms with E-state index in [1.807, 2.05) is 0 Å². The Bertz CT molecular complexity index is 571. The van der Waals surface area contributed by atoms with Crippen molar-refractivity contribution in [3.8, 4) is 0 Å². The van der Waals surface area contributed by atoms with Crippen LogP contribution in [0.4, 0.5) is 18.9 Å². The summed E-state index contributed by atoms with van der Waals surface area (Å²) in [6.07, 6.45) is -5.35. The molecule has 0 aliphatic carbocycles. The van der Waals surface area contributed by atoms with Crippen LogP contribution in [0.25, 0.3) is 0 Å². The lowest BCUT2D eigenvalue weighted by atomic mass is 10.2. The first kappa shape index (κ1) is 17.8. The molecule has 0 aromatic heterocycles. The van der Waals surface area contributed by atoms with Crippen molar-refractivity contribution in [2.24, 2.45) is 0 Å². The zero-order valence-corrected chi connectivity index (χ0v) is 12.8. The quantitative estimate of drug-likeness (QED) is 0.845. The van der Waals surface area contributed by atoms with Crippen LogP contribution in [-0.2, 0) is 10.0 Å². The molecular formula is C13H19F3N2O2S. The molecule has 2 N–H and O–H groups in total. The molecule has 0 aliphatic heterocycles. The number of benzene rings is 1. The molecule has 1 aromatic rings. The molecule has 0 bridgehead atoms. The SMILES string of the molecule is CC(C)NS(=O)(=O)c1ccccc1NC(C)CC(F)(F)F. The van der Waals surface area contributed by atoms with Crippen LogP contribution in [0.5, 0.6) is 0 Å². The topological polar surface area (TPSA) is 58.2 Å². The van der Waals surface area contributed by atoms with E-state index in [0.29, 0.717) is 0 Å². The van der Waals surface area contributed by atoms with Gasteiger partial charge in [-0.05, 0) is 32.9 Å². The Labute approximate surface area is 122 Å². The van der Waals surface area contributed by atoms with Gasteiger partial charge in [0.1, 0.15) is 4.90 Å².